The van der Waals surface area contributed by atoms with Crippen LogP contribution in [0.5, 0.6) is 0 Å². The first-order valence-corrected chi connectivity index (χ1v) is 7.74. The number of aryl methyl sites for hydroxylation is 2. The van der Waals surface area contributed by atoms with Gasteiger partial charge in [0.2, 0.25) is 0 Å². The minimum absolute atomic E-state index is 0. The summed E-state index contributed by atoms with van der Waals surface area (Å²) in [7, 11) is 0. The lowest BCUT2D eigenvalue weighted by Gasteiger charge is -2.05. The van der Waals surface area contributed by atoms with Crippen molar-refractivity contribution in [3.63, 3.8) is 0 Å². The summed E-state index contributed by atoms with van der Waals surface area (Å²) in [5.41, 5.74) is 3.45. The Morgan fingerprint density at radius 2 is 1.79 bits per heavy atom. The number of pyridine rings is 1. The molecule has 0 aliphatic heterocycles. The minimum atomic E-state index is 0. The molecule has 0 amide bonds. The second kappa shape index (κ2) is 7.72. The van der Waals surface area contributed by atoms with Crippen molar-refractivity contribution in [2.75, 3.05) is 0 Å². The van der Waals surface area contributed by atoms with Crippen molar-refractivity contribution in [3.05, 3.63) is 75.5 Å². The van der Waals surface area contributed by atoms with Crippen LogP contribution in [0.25, 0.3) is 5.69 Å². The molecule has 0 spiro atoms. The summed E-state index contributed by atoms with van der Waals surface area (Å²) < 4.78 is 1.93. The maximum Gasteiger partial charge on any atom is 0.132 e. The van der Waals surface area contributed by atoms with Crippen LogP contribution in [0.3, 0.4) is 0 Å². The van der Waals surface area contributed by atoms with E-state index in [0.717, 1.165) is 22.8 Å². The molecule has 0 atom stereocenters. The summed E-state index contributed by atoms with van der Waals surface area (Å²) in [6.07, 6.45) is 3.63. The largest absolute Gasteiger partial charge is 0.303 e. The highest BCUT2D eigenvalue weighted by molar-refractivity contribution is 6.42. The molecule has 3 rings (SSSR count). The van der Waals surface area contributed by atoms with Gasteiger partial charge in [0.05, 0.1) is 10.0 Å². The van der Waals surface area contributed by atoms with E-state index in [1.807, 2.05) is 48.9 Å². The lowest BCUT2D eigenvalue weighted by molar-refractivity contribution is 0.975. The monoisotopic (exact) mass is 377 g/mol. The second-order valence-electron chi connectivity index (χ2n) is 5.08. The van der Waals surface area contributed by atoms with E-state index in [1.165, 1.54) is 0 Å². The molecule has 24 heavy (non-hydrogen) atoms. The quantitative estimate of drug-likeness (QED) is 0.557. The third-order valence-corrected chi connectivity index (χ3v) is 4.03. The Labute approximate surface area is 157 Å². The molecule has 6 heteroatoms. The zero-order valence-corrected chi connectivity index (χ0v) is 15.4. The van der Waals surface area contributed by atoms with Gasteiger partial charge in [0, 0.05) is 29.3 Å². The minimum Gasteiger partial charge on any atom is -0.303 e. The van der Waals surface area contributed by atoms with Gasteiger partial charge < -0.3 is 4.57 Å². The Hall–Kier alpha value is -1.99. The Morgan fingerprint density at radius 3 is 2.50 bits per heavy atom. The highest BCUT2D eigenvalue weighted by atomic mass is 35.5. The van der Waals surface area contributed by atoms with E-state index in [1.54, 1.807) is 12.3 Å². The number of hydrogen-bond donors (Lipinski definition) is 0. The molecule has 3 nitrogen and oxygen atoms in total. The summed E-state index contributed by atoms with van der Waals surface area (Å²) in [5.74, 6) is 7.01. The van der Waals surface area contributed by atoms with Crippen LogP contribution in [-0.4, -0.2) is 14.5 Å². The van der Waals surface area contributed by atoms with Gasteiger partial charge in [-0.05, 0) is 50.1 Å². The van der Waals surface area contributed by atoms with Crippen molar-refractivity contribution < 1.29 is 0 Å². The standard InChI is InChI=1S/C18H13Cl2N3.ClH/c1-12-9-14(7-8-21-12)3-4-15-11-23(13(2)22-15)16-5-6-17(19)18(20)10-16;/h5-11H,1-2H3;1H. The van der Waals surface area contributed by atoms with Crippen LogP contribution in [0.15, 0.2) is 42.7 Å². The smallest absolute Gasteiger partial charge is 0.132 e. The summed E-state index contributed by atoms with van der Waals surface area (Å²) in [6, 6.07) is 9.29. The Balaban J connectivity index is 0.00000208. The zero-order chi connectivity index (χ0) is 16.4. The lowest BCUT2D eigenvalue weighted by atomic mass is 10.2. The molecule has 2 heterocycles. The van der Waals surface area contributed by atoms with E-state index in [0.29, 0.717) is 15.7 Å². The van der Waals surface area contributed by atoms with E-state index in [2.05, 4.69) is 21.8 Å². The predicted octanol–water partition coefficient (Wildman–Crippen LogP) is 5.01. The van der Waals surface area contributed by atoms with Gasteiger partial charge in [-0.1, -0.05) is 29.1 Å². The molecular formula is C18H14Cl3N3. The first-order chi connectivity index (χ1) is 11.0. The van der Waals surface area contributed by atoms with Crippen LogP contribution < -0.4 is 0 Å². The third-order valence-electron chi connectivity index (χ3n) is 3.30. The Kier molecular flexibility index (Phi) is 5.90. The molecule has 0 saturated heterocycles. The average Bonchev–Trinajstić information content (AvgIpc) is 2.89. The van der Waals surface area contributed by atoms with Crippen molar-refractivity contribution >= 4 is 35.6 Å². The highest BCUT2D eigenvalue weighted by Gasteiger charge is 2.06. The second-order valence-corrected chi connectivity index (χ2v) is 5.89. The van der Waals surface area contributed by atoms with E-state index >= 15 is 0 Å². The van der Waals surface area contributed by atoms with Gasteiger partial charge in [-0.15, -0.1) is 12.4 Å². The number of imidazole rings is 1. The number of benzene rings is 1. The third kappa shape index (κ3) is 4.10. The zero-order valence-electron chi connectivity index (χ0n) is 13.0. The van der Waals surface area contributed by atoms with Gasteiger partial charge in [0.15, 0.2) is 0 Å². The van der Waals surface area contributed by atoms with Gasteiger partial charge in [0.25, 0.3) is 0 Å². The fourth-order valence-corrected chi connectivity index (χ4v) is 2.48. The topological polar surface area (TPSA) is 30.7 Å². The number of nitrogens with zero attached hydrogens (tertiary/aromatic N) is 3. The van der Waals surface area contributed by atoms with E-state index in [4.69, 9.17) is 23.2 Å². The molecule has 0 saturated carbocycles. The van der Waals surface area contributed by atoms with Gasteiger partial charge in [0.1, 0.15) is 11.5 Å². The van der Waals surface area contributed by atoms with Gasteiger partial charge in [-0.2, -0.15) is 0 Å². The summed E-state index contributed by atoms with van der Waals surface area (Å²) >= 11 is 12.0. The molecule has 1 aromatic carbocycles. The van der Waals surface area contributed by atoms with Gasteiger partial charge in [-0.25, -0.2) is 4.98 Å². The van der Waals surface area contributed by atoms with E-state index in [-0.39, 0.29) is 12.4 Å². The first-order valence-electron chi connectivity index (χ1n) is 6.99. The van der Waals surface area contributed by atoms with E-state index < -0.39 is 0 Å². The van der Waals surface area contributed by atoms with Gasteiger partial charge >= 0.3 is 0 Å². The highest BCUT2D eigenvalue weighted by Crippen LogP contribution is 2.25. The number of halogens is 3. The maximum atomic E-state index is 6.08. The van der Waals surface area contributed by atoms with Crippen LogP contribution in [0, 0.1) is 25.7 Å². The lowest BCUT2D eigenvalue weighted by Crippen LogP contribution is -1.94. The molecule has 0 bridgehead atoms. The Bertz CT molecular complexity index is 936. The Morgan fingerprint density at radius 1 is 1.00 bits per heavy atom. The number of rotatable bonds is 1. The molecule has 0 aliphatic rings. The molecule has 0 unspecified atom stereocenters. The van der Waals surface area contributed by atoms with Crippen molar-refractivity contribution in [1.29, 1.82) is 0 Å². The summed E-state index contributed by atoms with van der Waals surface area (Å²) in [4.78, 5) is 8.63. The summed E-state index contributed by atoms with van der Waals surface area (Å²) in [5, 5.41) is 1.04. The van der Waals surface area contributed by atoms with Crippen LogP contribution in [-0.2, 0) is 0 Å². The first kappa shape index (κ1) is 18.4. The maximum absolute atomic E-state index is 6.08. The molecule has 0 fully saturated rings. The van der Waals surface area contributed by atoms with Crippen LogP contribution in [0.4, 0.5) is 0 Å². The SMILES string of the molecule is Cc1cc(C#Cc2cn(-c3ccc(Cl)c(Cl)c3)c(C)n2)ccn1.Cl. The number of aromatic nitrogens is 3. The molecule has 2 aromatic heterocycles. The molecule has 122 valence electrons. The average molecular weight is 379 g/mol. The normalized spacial score (nSPS) is 9.83. The van der Waals surface area contributed by atoms with Crippen molar-refractivity contribution in [1.82, 2.24) is 14.5 Å². The molecule has 0 aliphatic carbocycles. The number of hydrogen-bond acceptors (Lipinski definition) is 2. The van der Waals surface area contributed by atoms with Crippen molar-refractivity contribution in [2.24, 2.45) is 0 Å². The van der Waals surface area contributed by atoms with Crippen LogP contribution in [0.1, 0.15) is 22.8 Å². The fourth-order valence-electron chi connectivity index (χ4n) is 2.19. The van der Waals surface area contributed by atoms with Crippen molar-refractivity contribution in [2.45, 2.75) is 13.8 Å². The molecular weight excluding hydrogens is 365 g/mol. The van der Waals surface area contributed by atoms with Crippen LogP contribution in [0.2, 0.25) is 10.0 Å². The predicted molar refractivity (Wildman–Crippen MR) is 101 cm³/mol. The fraction of sp³-hybridized carbons (Fsp3) is 0.111. The van der Waals surface area contributed by atoms with Gasteiger partial charge in [-0.3, -0.25) is 4.98 Å². The summed E-state index contributed by atoms with van der Waals surface area (Å²) in [6.45, 7) is 3.86. The van der Waals surface area contributed by atoms with E-state index in [9.17, 15) is 0 Å². The van der Waals surface area contributed by atoms with Crippen LogP contribution >= 0.6 is 35.6 Å². The molecule has 0 N–H and O–H groups in total. The molecule has 3 aromatic rings. The van der Waals surface area contributed by atoms with Crippen molar-refractivity contribution in [3.8, 4) is 17.5 Å². The molecule has 0 radical (unpaired) electrons.